The van der Waals surface area contributed by atoms with Gasteiger partial charge in [-0.3, -0.25) is 0 Å². The summed E-state index contributed by atoms with van der Waals surface area (Å²) in [7, 11) is 0. The number of nitriles is 1. The van der Waals surface area contributed by atoms with Gasteiger partial charge < -0.3 is 16.2 Å². The van der Waals surface area contributed by atoms with Crippen LogP contribution in [-0.4, -0.2) is 12.7 Å². The molecule has 0 saturated heterocycles. The van der Waals surface area contributed by atoms with Gasteiger partial charge in [-0.15, -0.1) is 0 Å². The number of amides is 1. The number of carbonyl (C=O) groups is 1. The zero-order chi connectivity index (χ0) is 7.70. The van der Waals surface area contributed by atoms with E-state index < -0.39 is 6.09 Å². The van der Waals surface area contributed by atoms with Crippen molar-refractivity contribution in [3.8, 4) is 6.19 Å². The maximum Gasteiger partial charge on any atom is 0.404 e. The topological polar surface area (TPSA) is 102 Å². The van der Waals surface area contributed by atoms with Crippen LogP contribution in [0.1, 0.15) is 6.92 Å². The summed E-state index contributed by atoms with van der Waals surface area (Å²) in [6, 6.07) is 0. The second-order valence-electron chi connectivity index (χ2n) is 0.881. The third-order valence-corrected chi connectivity index (χ3v) is 0.287. The highest BCUT2D eigenvalue weighted by Crippen LogP contribution is 1.66. The van der Waals surface area contributed by atoms with Gasteiger partial charge in [-0.25, -0.2) is 4.79 Å². The second-order valence-corrected chi connectivity index (χ2v) is 0.881. The minimum absolute atomic E-state index is 0.356. The zero-order valence-electron chi connectivity index (χ0n) is 5.13. The number of nitrogens with zero attached hydrogens (tertiary/aromatic N) is 1. The highest BCUT2D eigenvalue weighted by Gasteiger charge is 1.82. The Balaban J connectivity index is 0. The van der Waals surface area contributed by atoms with Gasteiger partial charge in [0, 0.05) is 0 Å². The van der Waals surface area contributed by atoms with E-state index in [2.05, 4.69) is 16.2 Å². The zero-order valence-corrected chi connectivity index (χ0v) is 5.13. The van der Waals surface area contributed by atoms with Crippen molar-refractivity contribution in [3.05, 3.63) is 0 Å². The molecule has 0 aromatic heterocycles. The molecule has 0 rings (SSSR count). The Bertz CT molecular complexity index is 107. The SMILES string of the molecule is CCOC(N)=O.N#CN. The van der Waals surface area contributed by atoms with E-state index in [0.717, 1.165) is 0 Å². The lowest BCUT2D eigenvalue weighted by atomic mass is 10.9. The van der Waals surface area contributed by atoms with E-state index >= 15 is 0 Å². The van der Waals surface area contributed by atoms with Gasteiger partial charge in [0.1, 0.15) is 0 Å². The average molecular weight is 131 g/mol. The molecule has 0 aromatic carbocycles. The third-order valence-electron chi connectivity index (χ3n) is 0.287. The highest BCUT2D eigenvalue weighted by atomic mass is 16.5. The van der Waals surface area contributed by atoms with Crippen molar-refractivity contribution in [1.29, 1.82) is 5.26 Å². The van der Waals surface area contributed by atoms with E-state index in [-0.39, 0.29) is 0 Å². The second kappa shape index (κ2) is 9.75. The maximum absolute atomic E-state index is 9.60. The van der Waals surface area contributed by atoms with Crippen molar-refractivity contribution in [3.63, 3.8) is 0 Å². The van der Waals surface area contributed by atoms with Crippen molar-refractivity contribution in [2.24, 2.45) is 11.5 Å². The van der Waals surface area contributed by atoms with Crippen molar-refractivity contribution in [2.45, 2.75) is 6.92 Å². The smallest absolute Gasteiger partial charge is 0.404 e. The van der Waals surface area contributed by atoms with Crippen LogP contribution >= 0.6 is 0 Å². The first-order valence-electron chi connectivity index (χ1n) is 2.20. The molecule has 0 spiro atoms. The molecule has 5 nitrogen and oxygen atoms in total. The molecule has 0 aliphatic rings. The summed E-state index contributed by atoms with van der Waals surface area (Å²) < 4.78 is 4.18. The summed E-state index contributed by atoms with van der Waals surface area (Å²) in [5.41, 5.74) is 8.69. The Labute approximate surface area is 53.2 Å². The van der Waals surface area contributed by atoms with Crippen LogP contribution in [0.2, 0.25) is 0 Å². The Morgan fingerprint density at radius 1 is 1.89 bits per heavy atom. The minimum atomic E-state index is -0.711. The summed E-state index contributed by atoms with van der Waals surface area (Å²) >= 11 is 0. The molecule has 9 heavy (non-hydrogen) atoms. The van der Waals surface area contributed by atoms with Crippen molar-refractivity contribution < 1.29 is 9.53 Å². The van der Waals surface area contributed by atoms with E-state index in [0.29, 0.717) is 6.61 Å². The monoisotopic (exact) mass is 131 g/mol. The minimum Gasteiger partial charge on any atom is -0.450 e. The fourth-order valence-corrected chi connectivity index (χ4v) is 0.142. The van der Waals surface area contributed by atoms with Crippen LogP contribution < -0.4 is 11.5 Å². The van der Waals surface area contributed by atoms with Gasteiger partial charge in [-0.1, -0.05) is 0 Å². The molecule has 1 amide bonds. The third kappa shape index (κ3) is 56.1. The van der Waals surface area contributed by atoms with Gasteiger partial charge in [-0.2, -0.15) is 5.26 Å². The van der Waals surface area contributed by atoms with Gasteiger partial charge in [-0.05, 0) is 6.92 Å². The first-order chi connectivity index (χ1) is 4.18. The van der Waals surface area contributed by atoms with E-state index in [9.17, 15) is 4.79 Å². The van der Waals surface area contributed by atoms with Crippen LogP contribution in [0.3, 0.4) is 0 Å². The van der Waals surface area contributed by atoms with Crippen LogP contribution in [0.25, 0.3) is 0 Å². The number of primary amides is 1. The van der Waals surface area contributed by atoms with Crippen LogP contribution in [0, 0.1) is 11.5 Å². The standard InChI is InChI=1S/C3H7NO2.CH2N2/c1-2-6-3(4)5;2-1-3/h2H2,1H3,(H2,4,5);2H2. The predicted octanol–water partition coefficient (Wildman–Crippen LogP) is -0.472. The molecule has 0 radical (unpaired) electrons. The Morgan fingerprint density at radius 2 is 2.22 bits per heavy atom. The molecular weight excluding hydrogens is 122 g/mol. The Hall–Kier alpha value is -1.44. The molecular formula is C4H9N3O2. The number of hydrogen-bond donors (Lipinski definition) is 2. The lowest BCUT2D eigenvalue weighted by molar-refractivity contribution is 0.163. The van der Waals surface area contributed by atoms with Crippen LogP contribution in [0.15, 0.2) is 0 Å². The molecule has 52 valence electrons. The Morgan fingerprint density at radius 3 is 2.22 bits per heavy atom. The summed E-state index contributed by atoms with van der Waals surface area (Å²) in [4.78, 5) is 9.60. The molecule has 0 fully saturated rings. The number of rotatable bonds is 1. The van der Waals surface area contributed by atoms with E-state index in [1.54, 1.807) is 6.92 Å². The molecule has 0 heterocycles. The summed E-state index contributed by atoms with van der Waals surface area (Å²) in [5.74, 6) is 0. The lowest BCUT2D eigenvalue weighted by Crippen LogP contribution is -2.11. The van der Waals surface area contributed by atoms with Crippen LogP contribution in [0.5, 0.6) is 0 Å². The van der Waals surface area contributed by atoms with Crippen LogP contribution in [0.4, 0.5) is 4.79 Å². The van der Waals surface area contributed by atoms with E-state index in [1.807, 2.05) is 0 Å². The number of nitrogens with two attached hydrogens (primary N) is 2. The predicted molar refractivity (Wildman–Crippen MR) is 31.0 cm³/mol. The molecule has 0 aliphatic carbocycles. The summed E-state index contributed by atoms with van der Waals surface area (Å²) in [6.45, 7) is 2.06. The molecule has 4 N–H and O–H groups in total. The number of carbonyl (C=O) groups excluding carboxylic acids is 1. The molecule has 0 aliphatic heterocycles. The van der Waals surface area contributed by atoms with E-state index in [4.69, 9.17) is 5.26 Å². The quantitative estimate of drug-likeness (QED) is 0.371. The molecule has 5 heteroatoms. The molecule has 0 atom stereocenters. The fraction of sp³-hybridized carbons (Fsp3) is 0.500. The molecule has 0 unspecified atom stereocenters. The summed E-state index contributed by atoms with van der Waals surface area (Å²) in [6.07, 6.45) is 0.539. The summed E-state index contributed by atoms with van der Waals surface area (Å²) in [5, 5.41) is 7.10. The van der Waals surface area contributed by atoms with Crippen molar-refractivity contribution in [2.75, 3.05) is 6.61 Å². The van der Waals surface area contributed by atoms with Crippen molar-refractivity contribution in [1.82, 2.24) is 0 Å². The molecule has 0 aromatic rings. The van der Waals surface area contributed by atoms with Gasteiger partial charge in [0.05, 0.1) is 6.61 Å². The number of hydrogen-bond acceptors (Lipinski definition) is 4. The van der Waals surface area contributed by atoms with Crippen LogP contribution in [-0.2, 0) is 4.74 Å². The van der Waals surface area contributed by atoms with Crippen molar-refractivity contribution >= 4 is 6.09 Å². The van der Waals surface area contributed by atoms with Gasteiger partial charge in [0.2, 0.25) is 0 Å². The Kier molecular flexibility index (Phi) is 11.4. The molecule has 0 bridgehead atoms. The normalized spacial score (nSPS) is 5.78. The highest BCUT2D eigenvalue weighted by molar-refractivity contribution is 5.64. The first-order valence-corrected chi connectivity index (χ1v) is 2.20. The average Bonchev–Trinajstić information content (AvgIpc) is 1.67. The first kappa shape index (κ1) is 10.5. The largest absolute Gasteiger partial charge is 0.450 e. The maximum atomic E-state index is 9.60. The van der Waals surface area contributed by atoms with Gasteiger partial charge in [0.25, 0.3) is 0 Å². The van der Waals surface area contributed by atoms with Gasteiger partial charge in [0.15, 0.2) is 6.19 Å². The lowest BCUT2D eigenvalue weighted by Gasteiger charge is -1.89. The molecule has 0 saturated carbocycles. The van der Waals surface area contributed by atoms with Gasteiger partial charge >= 0.3 is 6.09 Å². The fourth-order valence-electron chi connectivity index (χ4n) is 0.142. The van der Waals surface area contributed by atoms with E-state index in [1.165, 1.54) is 6.19 Å². The number of ether oxygens (including phenoxy) is 1.